The molecule has 1 aromatic heterocycles. The van der Waals surface area contributed by atoms with Crippen molar-refractivity contribution < 1.29 is 5.11 Å². The van der Waals surface area contributed by atoms with E-state index in [-0.39, 0.29) is 0 Å². The second-order valence-electron chi connectivity index (χ2n) is 3.85. The lowest BCUT2D eigenvalue weighted by molar-refractivity contribution is 0.167. The predicted molar refractivity (Wildman–Crippen MR) is 76.8 cm³/mol. The number of hydrogen-bond acceptors (Lipinski definition) is 2. The van der Waals surface area contributed by atoms with Gasteiger partial charge < -0.3 is 5.11 Å². The Balaban J connectivity index is 2.04. The van der Waals surface area contributed by atoms with E-state index in [1.165, 1.54) is 5.56 Å². The van der Waals surface area contributed by atoms with Crippen molar-refractivity contribution in [3.8, 4) is 0 Å². The van der Waals surface area contributed by atoms with Crippen molar-refractivity contribution in [1.29, 1.82) is 0 Å². The monoisotopic (exact) mass is 330 g/mol. The quantitative estimate of drug-likeness (QED) is 0.850. The summed E-state index contributed by atoms with van der Waals surface area (Å²) in [6.07, 6.45) is 1.10. The first-order valence-electron chi connectivity index (χ1n) is 5.31. The smallest absolute Gasteiger partial charge is 0.0804 e. The van der Waals surface area contributed by atoms with Gasteiger partial charge in [0.2, 0.25) is 0 Å². The molecule has 0 saturated heterocycles. The second-order valence-corrected chi connectivity index (χ2v) is 5.92. The van der Waals surface area contributed by atoms with Crippen LogP contribution in [-0.2, 0) is 6.42 Å². The summed E-state index contributed by atoms with van der Waals surface area (Å²) in [5.74, 6) is 0. The molecule has 1 N–H and O–H groups in total. The molecule has 0 aliphatic carbocycles. The molecule has 0 aliphatic heterocycles. The second kappa shape index (κ2) is 6.01. The molecule has 1 nitrogen and oxygen atoms in total. The van der Waals surface area contributed by atoms with E-state index in [4.69, 9.17) is 11.6 Å². The Hall–Kier alpha value is -0.350. The van der Waals surface area contributed by atoms with Gasteiger partial charge in [0.15, 0.2) is 0 Å². The van der Waals surface area contributed by atoms with Crippen LogP contribution < -0.4 is 0 Å². The molecule has 1 aromatic carbocycles. The molecule has 1 heterocycles. The van der Waals surface area contributed by atoms with Crippen molar-refractivity contribution >= 4 is 38.9 Å². The van der Waals surface area contributed by atoms with Gasteiger partial charge in [-0.25, -0.2) is 0 Å². The minimum atomic E-state index is -0.483. The van der Waals surface area contributed by atoms with Crippen molar-refractivity contribution in [3.63, 3.8) is 0 Å². The Bertz CT molecular complexity index is 484. The van der Waals surface area contributed by atoms with Gasteiger partial charge in [-0.15, -0.1) is 0 Å². The lowest BCUT2D eigenvalue weighted by Crippen LogP contribution is -2.00. The van der Waals surface area contributed by atoms with Crippen LogP contribution in [0.2, 0.25) is 5.02 Å². The zero-order valence-corrected chi connectivity index (χ0v) is 12.2. The molecular formula is C13H12BrClOS. The van der Waals surface area contributed by atoms with Gasteiger partial charge >= 0.3 is 0 Å². The number of aryl methyl sites for hydroxylation is 1. The number of benzene rings is 1. The topological polar surface area (TPSA) is 20.2 Å². The molecule has 90 valence electrons. The number of hydrogen-bond donors (Lipinski definition) is 1. The highest BCUT2D eigenvalue weighted by Gasteiger charge is 2.12. The Labute approximate surface area is 118 Å². The molecule has 0 aliphatic rings. The average Bonchev–Trinajstić information content (AvgIpc) is 2.82. The van der Waals surface area contributed by atoms with Crippen LogP contribution in [0.15, 0.2) is 39.5 Å². The molecule has 0 radical (unpaired) electrons. The summed E-state index contributed by atoms with van der Waals surface area (Å²) in [7, 11) is 0. The molecule has 4 heteroatoms. The van der Waals surface area contributed by atoms with E-state index in [2.05, 4.69) is 32.8 Å². The Morgan fingerprint density at radius 3 is 2.88 bits per heavy atom. The maximum absolute atomic E-state index is 10.1. The number of halogens is 2. The van der Waals surface area contributed by atoms with E-state index in [1.807, 2.05) is 12.1 Å². The van der Waals surface area contributed by atoms with E-state index in [0.717, 1.165) is 16.5 Å². The minimum absolute atomic E-state index is 0.483. The van der Waals surface area contributed by atoms with Gasteiger partial charge in [0.05, 0.1) is 6.10 Å². The van der Waals surface area contributed by atoms with Crippen molar-refractivity contribution in [1.82, 2.24) is 0 Å². The zero-order valence-electron chi connectivity index (χ0n) is 9.07. The highest BCUT2D eigenvalue weighted by Crippen LogP contribution is 2.29. The van der Waals surface area contributed by atoms with Gasteiger partial charge in [-0.05, 0) is 59.0 Å². The molecule has 0 spiro atoms. The van der Waals surface area contributed by atoms with Crippen LogP contribution in [0.3, 0.4) is 0 Å². The minimum Gasteiger partial charge on any atom is -0.388 e. The first kappa shape index (κ1) is 13.1. The number of aliphatic hydroxyl groups excluding tert-OH is 1. The van der Waals surface area contributed by atoms with Crippen LogP contribution in [0.25, 0.3) is 0 Å². The van der Waals surface area contributed by atoms with Gasteiger partial charge in [0, 0.05) is 9.50 Å². The van der Waals surface area contributed by atoms with E-state index in [1.54, 1.807) is 17.4 Å². The fraction of sp³-hybridized carbons (Fsp3) is 0.231. The van der Waals surface area contributed by atoms with Crippen molar-refractivity contribution in [2.24, 2.45) is 0 Å². The molecule has 0 bridgehead atoms. The summed E-state index contributed by atoms with van der Waals surface area (Å²) < 4.78 is 0.903. The fourth-order valence-corrected chi connectivity index (χ4v) is 3.06. The maximum atomic E-state index is 10.1. The summed E-state index contributed by atoms with van der Waals surface area (Å²) in [5, 5.41) is 15.0. The Morgan fingerprint density at radius 2 is 2.18 bits per heavy atom. The van der Waals surface area contributed by atoms with Gasteiger partial charge in [0.1, 0.15) is 0 Å². The van der Waals surface area contributed by atoms with Crippen molar-refractivity contribution in [2.75, 3.05) is 0 Å². The van der Waals surface area contributed by atoms with Gasteiger partial charge in [-0.2, -0.15) is 11.3 Å². The number of rotatable bonds is 4. The van der Waals surface area contributed by atoms with Crippen molar-refractivity contribution in [2.45, 2.75) is 18.9 Å². The molecule has 17 heavy (non-hydrogen) atoms. The molecule has 0 fully saturated rings. The fourth-order valence-electron chi connectivity index (χ4n) is 1.66. The largest absolute Gasteiger partial charge is 0.388 e. The van der Waals surface area contributed by atoms with E-state index in [0.29, 0.717) is 11.4 Å². The van der Waals surface area contributed by atoms with Crippen LogP contribution in [0, 0.1) is 0 Å². The van der Waals surface area contributed by atoms with Gasteiger partial charge in [-0.3, -0.25) is 0 Å². The van der Waals surface area contributed by atoms with Gasteiger partial charge in [-0.1, -0.05) is 27.5 Å². The SMILES string of the molecule is OC(CCc1ccsc1)c1cc(Cl)ccc1Br. The third kappa shape index (κ3) is 3.55. The van der Waals surface area contributed by atoms with Gasteiger partial charge in [0.25, 0.3) is 0 Å². The van der Waals surface area contributed by atoms with Crippen LogP contribution >= 0.6 is 38.9 Å². The van der Waals surface area contributed by atoms with Crippen LogP contribution in [-0.4, -0.2) is 5.11 Å². The summed E-state index contributed by atoms with van der Waals surface area (Å²) >= 11 is 11.0. The normalized spacial score (nSPS) is 12.6. The molecule has 1 unspecified atom stereocenters. The molecule has 0 amide bonds. The number of thiophene rings is 1. The van der Waals surface area contributed by atoms with Crippen LogP contribution in [0.5, 0.6) is 0 Å². The Morgan fingerprint density at radius 1 is 1.35 bits per heavy atom. The average molecular weight is 332 g/mol. The van der Waals surface area contributed by atoms with E-state index < -0.39 is 6.10 Å². The summed E-state index contributed by atoms with van der Waals surface area (Å²) in [5.41, 5.74) is 2.12. The highest BCUT2D eigenvalue weighted by molar-refractivity contribution is 9.10. The Kier molecular flexibility index (Phi) is 4.62. The molecule has 0 saturated carbocycles. The lowest BCUT2D eigenvalue weighted by atomic mass is 10.0. The molecule has 1 atom stereocenters. The third-order valence-corrected chi connectivity index (χ3v) is 4.29. The molecule has 2 aromatic rings. The summed E-state index contributed by atoms with van der Waals surface area (Å²) in [4.78, 5) is 0. The molecular weight excluding hydrogens is 320 g/mol. The van der Waals surface area contributed by atoms with E-state index in [9.17, 15) is 5.11 Å². The lowest BCUT2D eigenvalue weighted by Gasteiger charge is -2.12. The van der Waals surface area contributed by atoms with Crippen LogP contribution in [0.4, 0.5) is 0 Å². The number of aliphatic hydroxyl groups is 1. The van der Waals surface area contributed by atoms with Crippen molar-refractivity contribution in [3.05, 3.63) is 55.6 Å². The first-order chi connectivity index (χ1) is 8.16. The first-order valence-corrected chi connectivity index (χ1v) is 7.42. The zero-order chi connectivity index (χ0) is 12.3. The predicted octanol–water partition coefficient (Wildman–Crippen LogP) is 4.83. The maximum Gasteiger partial charge on any atom is 0.0804 e. The standard InChI is InChI=1S/C13H12BrClOS/c14-12-3-2-10(15)7-11(12)13(16)4-1-9-5-6-17-8-9/h2-3,5-8,13,16H,1,4H2. The van der Waals surface area contributed by atoms with Crippen LogP contribution in [0.1, 0.15) is 23.7 Å². The molecule has 2 rings (SSSR count). The van der Waals surface area contributed by atoms with E-state index >= 15 is 0 Å². The third-order valence-electron chi connectivity index (χ3n) is 2.60. The highest BCUT2D eigenvalue weighted by atomic mass is 79.9. The summed E-state index contributed by atoms with van der Waals surface area (Å²) in [6, 6.07) is 7.57. The summed E-state index contributed by atoms with van der Waals surface area (Å²) in [6.45, 7) is 0.